The lowest BCUT2D eigenvalue weighted by Crippen LogP contribution is -2.07. The van der Waals surface area contributed by atoms with Crippen molar-refractivity contribution in [2.75, 3.05) is 0 Å². The maximum absolute atomic E-state index is 13.3. The highest BCUT2D eigenvalue weighted by Gasteiger charge is 2.05. The van der Waals surface area contributed by atoms with Gasteiger partial charge in [0.25, 0.3) is 0 Å². The van der Waals surface area contributed by atoms with Crippen LogP contribution >= 0.6 is 11.6 Å². The molecule has 84 valence electrons. The topological polar surface area (TPSA) is 12.9 Å². The number of nitrogens with zero attached hydrogens (tertiary/aromatic N) is 1. The van der Waals surface area contributed by atoms with Crippen molar-refractivity contribution in [1.29, 1.82) is 0 Å². The fourth-order valence-electron chi connectivity index (χ4n) is 1.65. The zero-order chi connectivity index (χ0) is 12.4. The molecule has 0 aliphatic rings. The molecule has 0 saturated carbocycles. The summed E-state index contributed by atoms with van der Waals surface area (Å²) in [4.78, 5) is 4.24. The van der Waals surface area contributed by atoms with Crippen LogP contribution in [-0.2, 0) is 6.42 Å². The summed E-state index contributed by atoms with van der Waals surface area (Å²) in [5, 5.41) is 0.135. The summed E-state index contributed by atoms with van der Waals surface area (Å²) in [5.41, 5.74) is 3.36. The molecule has 0 atom stereocenters. The Morgan fingerprint density at radius 2 is 2.12 bits per heavy atom. The first-order chi connectivity index (χ1) is 8.06. The molecule has 2 radical (unpaired) electrons. The van der Waals surface area contributed by atoms with E-state index in [2.05, 4.69) is 4.98 Å². The number of aryl methyl sites for hydroxylation is 1. The Labute approximate surface area is 106 Å². The number of pyridine rings is 1. The molecule has 1 aromatic heterocycles. The van der Waals surface area contributed by atoms with E-state index in [1.807, 2.05) is 13.0 Å². The standard InChI is InChI=1S/C13H10BClFN/c1-8-4-10(14)7-17-13(8)6-9-2-3-11(15)12(16)5-9/h2-5,7H,6H2,1H3. The third-order valence-corrected chi connectivity index (χ3v) is 2.87. The molecule has 0 fully saturated rings. The van der Waals surface area contributed by atoms with Gasteiger partial charge in [-0.05, 0) is 30.2 Å². The summed E-state index contributed by atoms with van der Waals surface area (Å²) in [7, 11) is 5.62. The van der Waals surface area contributed by atoms with Crippen molar-refractivity contribution in [2.24, 2.45) is 0 Å². The lowest BCUT2D eigenvalue weighted by molar-refractivity contribution is 0.626. The van der Waals surface area contributed by atoms with E-state index in [1.54, 1.807) is 18.3 Å². The van der Waals surface area contributed by atoms with E-state index >= 15 is 0 Å². The molecule has 0 saturated heterocycles. The van der Waals surface area contributed by atoms with E-state index in [-0.39, 0.29) is 5.02 Å². The van der Waals surface area contributed by atoms with Crippen molar-refractivity contribution in [3.8, 4) is 0 Å². The molecule has 2 rings (SSSR count). The van der Waals surface area contributed by atoms with Crippen molar-refractivity contribution >= 4 is 24.9 Å². The van der Waals surface area contributed by atoms with Gasteiger partial charge in [0.05, 0.1) is 5.02 Å². The lowest BCUT2D eigenvalue weighted by atomic mass is 9.95. The monoisotopic (exact) mass is 245 g/mol. The molecule has 0 aliphatic carbocycles. The predicted octanol–water partition coefficient (Wildman–Crippen LogP) is 2.57. The third-order valence-electron chi connectivity index (χ3n) is 2.56. The second-order valence-corrected chi connectivity index (χ2v) is 4.36. The molecule has 0 aliphatic heterocycles. The lowest BCUT2D eigenvalue weighted by Gasteiger charge is -2.06. The normalized spacial score (nSPS) is 10.5. The van der Waals surface area contributed by atoms with E-state index < -0.39 is 5.82 Å². The number of hydrogen-bond acceptors (Lipinski definition) is 1. The molecular weight excluding hydrogens is 235 g/mol. The minimum atomic E-state index is -0.405. The van der Waals surface area contributed by atoms with E-state index in [1.165, 1.54) is 6.07 Å². The maximum Gasteiger partial charge on any atom is 0.142 e. The van der Waals surface area contributed by atoms with Crippen LogP contribution in [0, 0.1) is 12.7 Å². The van der Waals surface area contributed by atoms with Gasteiger partial charge in [0, 0.05) is 18.3 Å². The van der Waals surface area contributed by atoms with E-state index in [4.69, 9.17) is 19.4 Å². The number of benzene rings is 1. The van der Waals surface area contributed by atoms with Gasteiger partial charge in [-0.2, -0.15) is 0 Å². The quantitative estimate of drug-likeness (QED) is 0.741. The summed E-state index contributed by atoms with van der Waals surface area (Å²) in [5.74, 6) is -0.405. The van der Waals surface area contributed by atoms with Crippen LogP contribution in [-0.4, -0.2) is 12.8 Å². The molecule has 1 heterocycles. The van der Waals surface area contributed by atoms with Crippen molar-refractivity contribution in [3.63, 3.8) is 0 Å². The van der Waals surface area contributed by atoms with Crippen LogP contribution in [0.2, 0.25) is 5.02 Å². The predicted molar refractivity (Wildman–Crippen MR) is 68.6 cm³/mol. The zero-order valence-corrected chi connectivity index (χ0v) is 10.1. The molecule has 0 bridgehead atoms. The Kier molecular flexibility index (Phi) is 3.48. The van der Waals surface area contributed by atoms with E-state index in [0.717, 1.165) is 16.8 Å². The maximum atomic E-state index is 13.3. The van der Waals surface area contributed by atoms with Crippen LogP contribution in [0.1, 0.15) is 16.8 Å². The Morgan fingerprint density at radius 3 is 2.76 bits per heavy atom. The SMILES string of the molecule is [B]c1cnc(Cc2ccc(Cl)c(F)c2)c(C)c1. The van der Waals surface area contributed by atoms with Crippen LogP contribution in [0.15, 0.2) is 30.5 Å². The summed E-state index contributed by atoms with van der Waals surface area (Å²) >= 11 is 5.63. The largest absolute Gasteiger partial charge is 0.261 e. The van der Waals surface area contributed by atoms with Gasteiger partial charge in [0.2, 0.25) is 0 Å². The van der Waals surface area contributed by atoms with Gasteiger partial charge in [-0.25, -0.2) is 4.39 Å². The molecule has 0 spiro atoms. The fourth-order valence-corrected chi connectivity index (χ4v) is 1.77. The van der Waals surface area contributed by atoms with Gasteiger partial charge in [-0.3, -0.25) is 4.98 Å². The first kappa shape index (κ1) is 12.1. The minimum absolute atomic E-state index is 0.135. The van der Waals surface area contributed by atoms with Gasteiger partial charge in [0.1, 0.15) is 13.7 Å². The smallest absolute Gasteiger partial charge is 0.142 e. The van der Waals surface area contributed by atoms with Crippen molar-refractivity contribution in [1.82, 2.24) is 4.98 Å². The molecule has 4 heteroatoms. The Balaban J connectivity index is 2.28. The van der Waals surface area contributed by atoms with Gasteiger partial charge in [-0.1, -0.05) is 29.2 Å². The van der Waals surface area contributed by atoms with Gasteiger partial charge < -0.3 is 0 Å². The first-order valence-electron chi connectivity index (χ1n) is 5.21. The average molecular weight is 245 g/mol. The molecule has 1 aromatic carbocycles. The van der Waals surface area contributed by atoms with Crippen molar-refractivity contribution in [2.45, 2.75) is 13.3 Å². The molecule has 17 heavy (non-hydrogen) atoms. The summed E-state index contributed by atoms with van der Waals surface area (Å²) in [6.07, 6.45) is 2.18. The summed E-state index contributed by atoms with van der Waals surface area (Å²) in [6.45, 7) is 1.94. The molecule has 0 unspecified atom stereocenters. The highest BCUT2D eigenvalue weighted by molar-refractivity contribution is 6.32. The molecule has 0 N–H and O–H groups in total. The molecule has 0 amide bonds. The first-order valence-corrected chi connectivity index (χ1v) is 5.59. The highest BCUT2D eigenvalue weighted by Crippen LogP contribution is 2.18. The van der Waals surface area contributed by atoms with Crippen molar-refractivity contribution < 1.29 is 4.39 Å². The van der Waals surface area contributed by atoms with Crippen molar-refractivity contribution in [3.05, 3.63) is 58.1 Å². The number of rotatable bonds is 2. The fraction of sp³-hybridized carbons (Fsp3) is 0.154. The van der Waals surface area contributed by atoms with E-state index in [0.29, 0.717) is 11.9 Å². The van der Waals surface area contributed by atoms with Crippen LogP contribution in [0.4, 0.5) is 4.39 Å². The summed E-state index contributed by atoms with van der Waals surface area (Å²) in [6, 6.07) is 6.64. The Morgan fingerprint density at radius 1 is 1.35 bits per heavy atom. The van der Waals surface area contributed by atoms with Gasteiger partial charge in [-0.15, -0.1) is 0 Å². The highest BCUT2D eigenvalue weighted by atomic mass is 35.5. The Hall–Kier alpha value is -1.35. The molecular formula is C13H10BClFN. The van der Waals surface area contributed by atoms with Gasteiger partial charge in [0.15, 0.2) is 0 Å². The van der Waals surface area contributed by atoms with Crippen LogP contribution < -0.4 is 5.46 Å². The van der Waals surface area contributed by atoms with Crippen LogP contribution in [0.25, 0.3) is 0 Å². The number of halogens is 2. The van der Waals surface area contributed by atoms with Crippen LogP contribution in [0.5, 0.6) is 0 Å². The zero-order valence-electron chi connectivity index (χ0n) is 9.37. The second-order valence-electron chi connectivity index (χ2n) is 3.96. The average Bonchev–Trinajstić information content (AvgIpc) is 2.27. The number of aromatic nitrogens is 1. The molecule has 2 aromatic rings. The summed E-state index contributed by atoms with van der Waals surface area (Å²) < 4.78 is 13.3. The Bertz CT molecular complexity index is 557. The minimum Gasteiger partial charge on any atom is -0.261 e. The molecule has 1 nitrogen and oxygen atoms in total. The van der Waals surface area contributed by atoms with Gasteiger partial charge >= 0.3 is 0 Å². The third kappa shape index (κ3) is 2.86. The number of hydrogen-bond donors (Lipinski definition) is 0. The van der Waals surface area contributed by atoms with Crippen LogP contribution in [0.3, 0.4) is 0 Å². The van der Waals surface area contributed by atoms with E-state index in [9.17, 15) is 4.39 Å². The second kappa shape index (κ2) is 4.88.